The lowest BCUT2D eigenvalue weighted by Gasteiger charge is -2.30. The van der Waals surface area contributed by atoms with E-state index in [1.165, 1.54) is 28.6 Å². The fraction of sp³-hybridized carbons (Fsp3) is 0.463. The Labute approximate surface area is 329 Å². The summed E-state index contributed by atoms with van der Waals surface area (Å²) in [5.41, 5.74) is 1.45. The van der Waals surface area contributed by atoms with Crippen molar-refractivity contribution in [2.45, 2.75) is 95.5 Å². The zero-order valence-corrected chi connectivity index (χ0v) is 33.5. The highest BCUT2D eigenvalue weighted by atomic mass is 32.2. The van der Waals surface area contributed by atoms with Gasteiger partial charge < -0.3 is 35.3 Å². The Bertz CT molecular complexity index is 1860. The minimum atomic E-state index is -4.12. The van der Waals surface area contributed by atoms with Gasteiger partial charge in [-0.3, -0.25) is 9.59 Å². The van der Waals surface area contributed by atoms with Crippen LogP contribution >= 0.6 is 0 Å². The lowest BCUT2D eigenvalue weighted by atomic mass is 10.0. The van der Waals surface area contributed by atoms with Crippen LogP contribution in [0, 0.1) is 5.92 Å². The number of benzene rings is 3. The molecule has 15 heteroatoms. The van der Waals surface area contributed by atoms with Crippen molar-refractivity contribution in [3.05, 3.63) is 90.0 Å². The summed E-state index contributed by atoms with van der Waals surface area (Å²) in [6.45, 7) is 9.65. The monoisotopic (exact) mass is 794 g/mol. The third-order valence-electron chi connectivity index (χ3n) is 8.57. The Balaban J connectivity index is 1.31. The van der Waals surface area contributed by atoms with E-state index in [4.69, 9.17) is 14.2 Å². The van der Waals surface area contributed by atoms with Crippen molar-refractivity contribution in [1.29, 1.82) is 0 Å². The molecule has 0 spiro atoms. The third-order valence-corrected chi connectivity index (χ3v) is 10.4. The van der Waals surface area contributed by atoms with Crippen molar-refractivity contribution >= 4 is 45.3 Å². The van der Waals surface area contributed by atoms with E-state index in [-0.39, 0.29) is 61.4 Å². The predicted molar refractivity (Wildman–Crippen MR) is 212 cm³/mol. The molecule has 14 nitrogen and oxygen atoms in total. The molecule has 0 saturated carbocycles. The SMILES string of the molecule is CC(C)CN(C[C@H](O)[C@@H](Cc1ccccc1)NC(=O)O[C@@H]1CCOC1)S(=O)(=O)c1ccc(NC(=O)CCCC(=O)Nc2ccc(C(=O)OC(C)(C)C)cc2)cc1. The van der Waals surface area contributed by atoms with Crippen molar-refractivity contribution < 1.29 is 46.9 Å². The van der Waals surface area contributed by atoms with Crippen LogP contribution in [-0.4, -0.2) is 91.9 Å². The highest BCUT2D eigenvalue weighted by molar-refractivity contribution is 7.89. The summed E-state index contributed by atoms with van der Waals surface area (Å²) in [6.07, 6.45) is -1.22. The molecule has 4 N–H and O–H groups in total. The molecule has 3 atom stereocenters. The number of esters is 1. The molecular formula is C41H54N4O10S. The van der Waals surface area contributed by atoms with E-state index < -0.39 is 45.9 Å². The number of hydrogen-bond acceptors (Lipinski definition) is 10. The van der Waals surface area contributed by atoms with Gasteiger partial charge in [0, 0.05) is 43.7 Å². The van der Waals surface area contributed by atoms with Gasteiger partial charge in [-0.1, -0.05) is 44.2 Å². The molecule has 1 aliphatic heterocycles. The zero-order chi connectivity index (χ0) is 40.9. The second-order valence-electron chi connectivity index (χ2n) is 15.2. The fourth-order valence-electron chi connectivity index (χ4n) is 5.85. The quantitative estimate of drug-likeness (QED) is 0.119. The van der Waals surface area contributed by atoms with E-state index >= 15 is 0 Å². The molecule has 3 amide bonds. The summed E-state index contributed by atoms with van der Waals surface area (Å²) >= 11 is 0. The van der Waals surface area contributed by atoms with Gasteiger partial charge in [0.1, 0.15) is 11.7 Å². The maximum atomic E-state index is 13.9. The Hall–Kier alpha value is -4.83. The average molecular weight is 795 g/mol. The number of amides is 3. The molecule has 1 fully saturated rings. The van der Waals surface area contributed by atoms with Crippen LogP contribution in [0.5, 0.6) is 0 Å². The molecule has 304 valence electrons. The summed E-state index contributed by atoms with van der Waals surface area (Å²) in [6, 6.07) is 20.4. The number of aliphatic hydroxyl groups excluding tert-OH is 1. The van der Waals surface area contributed by atoms with E-state index in [0.717, 1.165) is 5.56 Å². The van der Waals surface area contributed by atoms with Gasteiger partial charge in [0.2, 0.25) is 21.8 Å². The van der Waals surface area contributed by atoms with Crippen molar-refractivity contribution in [1.82, 2.24) is 9.62 Å². The zero-order valence-electron chi connectivity index (χ0n) is 32.7. The molecule has 0 aliphatic carbocycles. The van der Waals surface area contributed by atoms with Crippen molar-refractivity contribution in [2.75, 3.05) is 36.9 Å². The summed E-state index contributed by atoms with van der Waals surface area (Å²) in [5.74, 6) is -1.20. The normalized spacial score (nSPS) is 15.5. The number of carbonyl (C=O) groups is 4. The maximum Gasteiger partial charge on any atom is 0.407 e. The van der Waals surface area contributed by atoms with Gasteiger partial charge in [-0.25, -0.2) is 18.0 Å². The van der Waals surface area contributed by atoms with Crippen LogP contribution < -0.4 is 16.0 Å². The maximum absolute atomic E-state index is 13.9. The molecular weight excluding hydrogens is 741 g/mol. The number of ether oxygens (including phenoxy) is 3. The van der Waals surface area contributed by atoms with Gasteiger partial charge in [-0.15, -0.1) is 0 Å². The smallest absolute Gasteiger partial charge is 0.407 e. The first-order valence-corrected chi connectivity index (χ1v) is 20.2. The summed E-state index contributed by atoms with van der Waals surface area (Å²) in [7, 11) is -4.12. The molecule has 4 rings (SSSR count). The average Bonchev–Trinajstić information content (AvgIpc) is 3.64. The molecule has 1 heterocycles. The minimum absolute atomic E-state index is 0.0349. The predicted octanol–water partition coefficient (Wildman–Crippen LogP) is 5.52. The van der Waals surface area contributed by atoms with Crippen molar-refractivity contribution in [3.63, 3.8) is 0 Å². The number of nitrogens with zero attached hydrogens (tertiary/aromatic N) is 1. The number of alkyl carbamates (subject to hydrolysis) is 1. The first-order valence-electron chi connectivity index (χ1n) is 18.8. The van der Waals surface area contributed by atoms with Crippen LogP contribution in [0.1, 0.15) is 76.2 Å². The highest BCUT2D eigenvalue weighted by Crippen LogP contribution is 2.22. The van der Waals surface area contributed by atoms with Crippen molar-refractivity contribution in [3.8, 4) is 0 Å². The number of nitrogens with one attached hydrogen (secondary N) is 3. The van der Waals surface area contributed by atoms with Crippen LogP contribution in [0.3, 0.4) is 0 Å². The van der Waals surface area contributed by atoms with Gasteiger partial charge in [-0.05, 0) is 93.6 Å². The summed E-state index contributed by atoms with van der Waals surface area (Å²) < 4.78 is 45.2. The Morgan fingerprint density at radius 1 is 0.875 bits per heavy atom. The number of carbonyl (C=O) groups excluding carboxylic acids is 4. The molecule has 0 aromatic heterocycles. The molecule has 0 bridgehead atoms. The third kappa shape index (κ3) is 14.3. The van der Waals surface area contributed by atoms with E-state index in [2.05, 4.69) is 16.0 Å². The van der Waals surface area contributed by atoms with Crippen LogP contribution in [0.15, 0.2) is 83.8 Å². The first-order chi connectivity index (χ1) is 26.5. The molecule has 3 aromatic rings. The minimum Gasteiger partial charge on any atom is -0.456 e. The molecule has 3 aromatic carbocycles. The van der Waals surface area contributed by atoms with Crippen LogP contribution in [-0.2, 0) is 40.2 Å². The second-order valence-corrected chi connectivity index (χ2v) is 17.1. The Morgan fingerprint density at radius 3 is 2.00 bits per heavy atom. The van der Waals surface area contributed by atoms with Crippen LogP contribution in [0.25, 0.3) is 0 Å². The van der Waals surface area contributed by atoms with Crippen LogP contribution in [0.4, 0.5) is 16.2 Å². The highest BCUT2D eigenvalue weighted by Gasteiger charge is 2.32. The summed E-state index contributed by atoms with van der Waals surface area (Å²) in [5, 5.41) is 19.7. The van der Waals surface area contributed by atoms with Crippen LogP contribution in [0.2, 0.25) is 0 Å². The Kier molecular flexibility index (Phi) is 16.0. The fourth-order valence-corrected chi connectivity index (χ4v) is 7.47. The lowest BCUT2D eigenvalue weighted by Crippen LogP contribution is -2.51. The molecule has 0 unspecified atom stereocenters. The van der Waals surface area contributed by atoms with Gasteiger partial charge in [0.15, 0.2) is 0 Å². The number of hydrogen-bond donors (Lipinski definition) is 4. The Morgan fingerprint density at radius 2 is 1.46 bits per heavy atom. The number of sulfonamides is 1. The van der Waals surface area contributed by atoms with Gasteiger partial charge >= 0.3 is 12.1 Å². The van der Waals surface area contributed by atoms with Gasteiger partial charge in [-0.2, -0.15) is 4.31 Å². The standard InChI is InChI=1S/C41H54N4O10S/c1-28(2)25-45(26-36(46)35(24-29-10-7-6-8-11-29)44-40(50)54-33-22-23-53-27-33)56(51,52)34-20-18-32(19-21-34)43-38(48)13-9-12-37(47)42-31-16-14-30(15-17-31)39(49)55-41(3,4)5/h6-8,10-11,14-21,28,33,35-36,46H,9,12-13,22-27H2,1-5H3,(H,42,47)(H,43,48)(H,44,50)/t33-,35-,36+/m1/s1. The van der Waals surface area contributed by atoms with Crippen molar-refractivity contribution in [2.24, 2.45) is 5.92 Å². The van der Waals surface area contributed by atoms with Gasteiger partial charge in [0.05, 0.1) is 35.8 Å². The van der Waals surface area contributed by atoms with E-state index in [1.807, 2.05) is 44.2 Å². The first kappa shape index (κ1) is 43.9. The largest absolute Gasteiger partial charge is 0.456 e. The number of aliphatic hydroxyl groups is 1. The number of rotatable bonds is 18. The van der Waals surface area contributed by atoms with E-state index in [0.29, 0.717) is 36.6 Å². The molecule has 56 heavy (non-hydrogen) atoms. The molecule has 1 aliphatic rings. The number of anilines is 2. The second kappa shape index (κ2) is 20.4. The molecule has 0 radical (unpaired) electrons. The molecule has 1 saturated heterocycles. The lowest BCUT2D eigenvalue weighted by molar-refractivity contribution is -0.117. The topological polar surface area (TPSA) is 190 Å². The van der Waals surface area contributed by atoms with E-state index in [9.17, 15) is 32.7 Å². The summed E-state index contributed by atoms with van der Waals surface area (Å²) in [4.78, 5) is 50.1. The van der Waals surface area contributed by atoms with Gasteiger partial charge in [0.25, 0.3) is 0 Å². The van der Waals surface area contributed by atoms with E-state index in [1.54, 1.807) is 45.0 Å².